The predicted molar refractivity (Wildman–Crippen MR) is 81.9 cm³/mol. The summed E-state index contributed by atoms with van der Waals surface area (Å²) in [5, 5.41) is 3.77. The van der Waals surface area contributed by atoms with Gasteiger partial charge in [-0.3, -0.25) is 4.79 Å². The van der Waals surface area contributed by atoms with Gasteiger partial charge in [-0.1, -0.05) is 25.2 Å². The molecule has 5 nitrogen and oxygen atoms in total. The van der Waals surface area contributed by atoms with E-state index in [1.54, 1.807) is 0 Å². The van der Waals surface area contributed by atoms with Gasteiger partial charge in [0.25, 0.3) is 5.91 Å². The number of thiazole rings is 1. The minimum Gasteiger partial charge on any atom is -0.382 e. The Hall–Kier alpha value is -1.30. The second-order valence-electron chi connectivity index (χ2n) is 5.32. The molecule has 0 saturated carbocycles. The van der Waals surface area contributed by atoms with Crippen molar-refractivity contribution >= 4 is 28.2 Å². The number of hydrogen-bond acceptors (Lipinski definition) is 5. The molecular formula is C13H24N4OS. The molecule has 0 aromatic carbocycles. The van der Waals surface area contributed by atoms with Crippen molar-refractivity contribution in [1.82, 2.24) is 10.3 Å². The van der Waals surface area contributed by atoms with E-state index in [9.17, 15) is 4.79 Å². The van der Waals surface area contributed by atoms with E-state index in [1.165, 1.54) is 11.3 Å². The Labute approximate surface area is 119 Å². The van der Waals surface area contributed by atoms with Crippen LogP contribution in [0.5, 0.6) is 0 Å². The molecule has 0 saturated heterocycles. The van der Waals surface area contributed by atoms with Crippen LogP contribution >= 0.6 is 11.3 Å². The number of nitrogens with zero attached hydrogens (tertiary/aromatic N) is 2. The lowest BCUT2D eigenvalue weighted by Crippen LogP contribution is -2.42. The molecule has 0 bridgehead atoms. The van der Waals surface area contributed by atoms with Crippen molar-refractivity contribution in [3.8, 4) is 0 Å². The molecule has 0 aliphatic heterocycles. The third-order valence-electron chi connectivity index (χ3n) is 3.07. The molecule has 19 heavy (non-hydrogen) atoms. The number of carbonyl (C=O) groups excluding carboxylic acids is 1. The molecule has 0 spiro atoms. The number of nitrogen functional groups attached to an aromatic ring is 1. The number of rotatable bonds is 6. The van der Waals surface area contributed by atoms with Crippen LogP contribution in [0.4, 0.5) is 10.9 Å². The first kappa shape index (κ1) is 15.8. The van der Waals surface area contributed by atoms with E-state index in [4.69, 9.17) is 5.73 Å². The minimum absolute atomic E-state index is 0.141. The van der Waals surface area contributed by atoms with Gasteiger partial charge in [0.1, 0.15) is 10.7 Å². The molecule has 1 aromatic rings. The summed E-state index contributed by atoms with van der Waals surface area (Å²) in [6.45, 7) is 9.02. The van der Waals surface area contributed by atoms with E-state index in [-0.39, 0.29) is 11.4 Å². The summed E-state index contributed by atoms with van der Waals surface area (Å²) in [5.41, 5.74) is 5.62. The van der Waals surface area contributed by atoms with E-state index in [0.29, 0.717) is 10.7 Å². The molecule has 0 fully saturated rings. The Balaban J connectivity index is 2.87. The van der Waals surface area contributed by atoms with Gasteiger partial charge in [0.05, 0.1) is 0 Å². The quantitative estimate of drug-likeness (QED) is 0.842. The van der Waals surface area contributed by atoms with Gasteiger partial charge in [0.15, 0.2) is 5.13 Å². The Bertz CT molecular complexity index is 442. The van der Waals surface area contributed by atoms with Crippen LogP contribution in [0.15, 0.2) is 0 Å². The van der Waals surface area contributed by atoms with Gasteiger partial charge in [-0.15, -0.1) is 0 Å². The number of aromatic nitrogens is 1. The van der Waals surface area contributed by atoms with Crippen molar-refractivity contribution < 1.29 is 4.79 Å². The molecular weight excluding hydrogens is 260 g/mol. The molecule has 3 N–H and O–H groups in total. The van der Waals surface area contributed by atoms with Crippen molar-refractivity contribution in [2.45, 2.75) is 46.1 Å². The first-order valence-corrected chi connectivity index (χ1v) is 7.42. The molecule has 108 valence electrons. The maximum atomic E-state index is 12.2. The summed E-state index contributed by atoms with van der Waals surface area (Å²) in [5.74, 6) is 0.172. The number of nitrogens with two attached hydrogens (primary N) is 1. The van der Waals surface area contributed by atoms with Gasteiger partial charge in [0, 0.05) is 19.1 Å². The van der Waals surface area contributed by atoms with Crippen molar-refractivity contribution in [1.29, 1.82) is 0 Å². The van der Waals surface area contributed by atoms with Gasteiger partial charge in [-0.2, -0.15) is 0 Å². The van der Waals surface area contributed by atoms with E-state index in [1.807, 2.05) is 32.7 Å². The highest BCUT2D eigenvalue weighted by atomic mass is 32.1. The predicted octanol–water partition coefficient (Wildman–Crippen LogP) is 2.49. The second-order valence-corrected chi connectivity index (χ2v) is 6.30. The maximum Gasteiger partial charge on any atom is 0.265 e. The molecule has 1 amide bonds. The summed E-state index contributed by atoms with van der Waals surface area (Å²) in [6.07, 6.45) is 1.89. The number of hydrogen-bond donors (Lipinski definition) is 2. The van der Waals surface area contributed by atoms with Crippen molar-refractivity contribution in [2.75, 3.05) is 24.2 Å². The lowest BCUT2D eigenvalue weighted by molar-refractivity contribution is 0.0916. The third-order valence-corrected chi connectivity index (χ3v) is 4.25. The molecule has 0 radical (unpaired) electrons. The van der Waals surface area contributed by atoms with E-state index in [0.717, 1.165) is 24.5 Å². The normalized spacial score (nSPS) is 11.4. The second kappa shape index (κ2) is 6.23. The highest BCUT2D eigenvalue weighted by Gasteiger charge is 2.23. The van der Waals surface area contributed by atoms with Crippen molar-refractivity contribution in [3.05, 3.63) is 4.88 Å². The molecule has 1 heterocycles. The molecule has 1 rings (SSSR count). The molecule has 0 aliphatic rings. The van der Waals surface area contributed by atoms with Crippen LogP contribution in [-0.2, 0) is 0 Å². The van der Waals surface area contributed by atoms with Gasteiger partial charge >= 0.3 is 0 Å². The lowest BCUT2D eigenvalue weighted by atomic mass is 10.0. The summed E-state index contributed by atoms with van der Waals surface area (Å²) in [4.78, 5) is 19.0. The average molecular weight is 284 g/mol. The van der Waals surface area contributed by atoms with Gasteiger partial charge in [0.2, 0.25) is 0 Å². The summed E-state index contributed by atoms with van der Waals surface area (Å²) >= 11 is 1.34. The molecule has 0 aliphatic carbocycles. The van der Waals surface area contributed by atoms with Crippen LogP contribution in [-0.4, -0.2) is 30.0 Å². The smallest absolute Gasteiger partial charge is 0.265 e. The van der Waals surface area contributed by atoms with Crippen LogP contribution in [0.2, 0.25) is 0 Å². The zero-order chi connectivity index (χ0) is 14.6. The van der Waals surface area contributed by atoms with Crippen LogP contribution in [0, 0.1) is 0 Å². The Morgan fingerprint density at radius 3 is 2.63 bits per heavy atom. The largest absolute Gasteiger partial charge is 0.382 e. The topological polar surface area (TPSA) is 71.2 Å². The maximum absolute atomic E-state index is 12.2. The van der Waals surface area contributed by atoms with Gasteiger partial charge in [-0.05, 0) is 26.7 Å². The summed E-state index contributed by atoms with van der Waals surface area (Å²) in [7, 11) is 1.96. The number of nitrogens with one attached hydrogen (secondary N) is 1. The van der Waals surface area contributed by atoms with Crippen LogP contribution in [0.25, 0.3) is 0 Å². The monoisotopic (exact) mass is 284 g/mol. The SMILES string of the molecule is CCCN(C)c1nc(N)c(C(=O)NC(C)(C)CC)s1. The van der Waals surface area contributed by atoms with Gasteiger partial charge < -0.3 is 16.0 Å². The zero-order valence-electron chi connectivity index (χ0n) is 12.4. The number of amides is 1. The molecule has 0 atom stereocenters. The molecule has 1 aromatic heterocycles. The molecule has 0 unspecified atom stereocenters. The Morgan fingerprint density at radius 1 is 1.47 bits per heavy atom. The highest BCUT2D eigenvalue weighted by molar-refractivity contribution is 7.18. The average Bonchev–Trinajstić information content (AvgIpc) is 2.71. The molecule has 6 heteroatoms. The van der Waals surface area contributed by atoms with E-state index in [2.05, 4.69) is 17.2 Å². The first-order chi connectivity index (χ1) is 8.80. The zero-order valence-corrected chi connectivity index (χ0v) is 13.2. The minimum atomic E-state index is -0.233. The van der Waals surface area contributed by atoms with E-state index < -0.39 is 0 Å². The van der Waals surface area contributed by atoms with E-state index >= 15 is 0 Å². The highest BCUT2D eigenvalue weighted by Crippen LogP contribution is 2.28. The first-order valence-electron chi connectivity index (χ1n) is 6.60. The van der Waals surface area contributed by atoms with Crippen LogP contribution in [0.3, 0.4) is 0 Å². The fourth-order valence-corrected chi connectivity index (χ4v) is 2.40. The van der Waals surface area contributed by atoms with Crippen molar-refractivity contribution in [2.24, 2.45) is 0 Å². The number of carbonyl (C=O) groups is 1. The lowest BCUT2D eigenvalue weighted by Gasteiger charge is -2.24. The van der Waals surface area contributed by atoms with Gasteiger partial charge in [-0.25, -0.2) is 4.98 Å². The summed E-state index contributed by atoms with van der Waals surface area (Å²) < 4.78 is 0. The third kappa shape index (κ3) is 4.09. The standard InChI is InChI=1S/C13H24N4OS/c1-6-8-17(5)12-15-10(14)9(19-12)11(18)16-13(3,4)7-2/h6-8,14H2,1-5H3,(H,16,18). The van der Waals surface area contributed by atoms with Crippen LogP contribution in [0.1, 0.15) is 50.2 Å². The fraction of sp³-hybridized carbons (Fsp3) is 0.692. The fourth-order valence-electron chi connectivity index (χ4n) is 1.53. The van der Waals surface area contributed by atoms with Crippen LogP contribution < -0.4 is 16.0 Å². The summed E-state index contributed by atoms with van der Waals surface area (Å²) in [6, 6.07) is 0. The Morgan fingerprint density at radius 2 is 2.11 bits per heavy atom. The number of anilines is 2. The Kier molecular flexibility index (Phi) is 5.17. The van der Waals surface area contributed by atoms with Crippen molar-refractivity contribution in [3.63, 3.8) is 0 Å².